The van der Waals surface area contributed by atoms with Gasteiger partial charge in [0.2, 0.25) is 6.10 Å². The number of alkyl halides is 1. The molecule has 3 aliphatic carbocycles. The van der Waals surface area contributed by atoms with Crippen molar-refractivity contribution >= 4 is 80.9 Å². The second-order valence-corrected chi connectivity index (χ2v) is 22.5. The zero-order valence-electron chi connectivity index (χ0n) is 42.6. The Morgan fingerprint density at radius 2 is 1.41 bits per heavy atom. The summed E-state index contributed by atoms with van der Waals surface area (Å²) in [5.41, 5.74) is -7.69. The van der Waals surface area contributed by atoms with Gasteiger partial charge in [-0.3, -0.25) is 24.0 Å². The maximum absolute atomic E-state index is 15.8. The molecule has 408 valence electrons. The molecular formula is C54H60ClNO18S2. The zero-order valence-corrected chi connectivity index (χ0v) is 44.9. The molecule has 2 saturated carbocycles. The van der Waals surface area contributed by atoms with Crippen molar-refractivity contribution in [2.75, 3.05) is 37.2 Å². The lowest BCUT2D eigenvalue weighted by Gasteiger charge is -2.67. The third-order valence-corrected chi connectivity index (χ3v) is 17.2. The lowest BCUT2D eigenvalue weighted by Crippen LogP contribution is -2.82. The number of nitrogens with one attached hydrogen (secondary N) is 1. The number of carbonyl (C=O) groups excluding carboxylic acids is 8. The van der Waals surface area contributed by atoms with Gasteiger partial charge in [0.25, 0.3) is 5.91 Å². The lowest BCUT2D eigenvalue weighted by atomic mass is 9.44. The lowest BCUT2D eigenvalue weighted by molar-refractivity contribution is -0.346. The van der Waals surface area contributed by atoms with Crippen LogP contribution >= 0.6 is 33.2 Å². The van der Waals surface area contributed by atoms with E-state index in [9.17, 15) is 39.0 Å². The number of fused-ring (bicyclic) bond motifs is 5. The van der Waals surface area contributed by atoms with Crippen LogP contribution in [-0.2, 0) is 61.9 Å². The number of ketones is 1. The average molecular weight is 1110 g/mol. The van der Waals surface area contributed by atoms with E-state index in [1.54, 1.807) is 66.7 Å². The Balaban J connectivity index is 1.33. The SMILES string of the molecule is CC(=O)O[C@H]1C(=O)[C@@]2(C)[C@H]([C@H](OC(=O)c3ccccc3)[C@]3(O)C[C@H](OC(=O)[C@H](OC(=O)OCCSSCCOC(=O)CCl)[C@@H](NC(=O)c4ccccc4)c4ccccc4)C(C)=C1C3(C)C)[C@]1(OC(C)=O)CO[C@@H]1C[C@@H]2O. The Hall–Kier alpha value is -5.97. The first-order valence-electron chi connectivity index (χ1n) is 24.4. The van der Waals surface area contributed by atoms with Gasteiger partial charge in [-0.2, -0.15) is 0 Å². The molecule has 3 aromatic carbocycles. The number of ether oxygens (including phenoxy) is 8. The number of Topliss-reactive ketones (excluding diaryl/α,β-unsaturated/α-hetero) is 1. The highest BCUT2D eigenvalue weighted by atomic mass is 35.5. The molecule has 7 rings (SSSR count). The molecule has 0 unspecified atom stereocenters. The summed E-state index contributed by atoms with van der Waals surface area (Å²) in [5.74, 6) is -7.44. The van der Waals surface area contributed by atoms with Gasteiger partial charge in [-0.15, -0.1) is 11.6 Å². The van der Waals surface area contributed by atoms with Crippen molar-refractivity contribution in [3.05, 3.63) is 119 Å². The number of amides is 1. The van der Waals surface area contributed by atoms with Crippen LogP contribution in [0, 0.1) is 16.7 Å². The van der Waals surface area contributed by atoms with E-state index in [4.69, 9.17) is 49.5 Å². The standard InChI is InChI=1S/C54H60ClNO18S2/c1-30-36(71-49(64)43(72-50(65)68-23-25-76-75-24-22-67-39(60)28-55)41(33-16-10-7-11-17-33)56-47(62)34-18-12-8-13-19-34)27-54(66)46(73-48(63)35-20-14-9-15-21-35)44-52(6,37(59)26-38-53(44,29-69-38)74-32(3)58)45(61)42(70-31(2)57)40(30)51(54,4)5/h7-21,36-38,41-44,46,59,66H,22-29H2,1-6H3,(H,56,62)/t36-,37-,38+,41-,42+,43+,44-,46-,52+,53-,54+/m0/s1. The van der Waals surface area contributed by atoms with Gasteiger partial charge >= 0.3 is 36.0 Å². The Kier molecular flexibility index (Phi) is 18.3. The van der Waals surface area contributed by atoms with E-state index >= 15 is 9.59 Å². The summed E-state index contributed by atoms with van der Waals surface area (Å²) >= 11 is 5.47. The van der Waals surface area contributed by atoms with Crippen LogP contribution in [0.15, 0.2) is 102 Å². The van der Waals surface area contributed by atoms with E-state index in [1.807, 2.05) is 0 Å². The minimum Gasteiger partial charge on any atom is -0.464 e. The zero-order chi connectivity index (χ0) is 55.2. The number of halogens is 1. The highest BCUT2D eigenvalue weighted by Gasteiger charge is 2.78. The topological polar surface area (TPSA) is 263 Å². The van der Waals surface area contributed by atoms with E-state index in [0.29, 0.717) is 5.75 Å². The van der Waals surface area contributed by atoms with E-state index in [-0.39, 0.29) is 65.7 Å². The number of rotatable bonds is 19. The van der Waals surface area contributed by atoms with Gasteiger partial charge in [0.1, 0.15) is 49.0 Å². The molecule has 0 spiro atoms. The van der Waals surface area contributed by atoms with Crippen LogP contribution in [0.1, 0.15) is 86.7 Å². The molecule has 1 aliphatic heterocycles. The first kappa shape index (κ1) is 57.7. The van der Waals surface area contributed by atoms with Gasteiger partial charge in [-0.1, -0.05) is 102 Å². The molecule has 1 heterocycles. The van der Waals surface area contributed by atoms with Crippen LogP contribution in [0.4, 0.5) is 4.79 Å². The van der Waals surface area contributed by atoms with Gasteiger partial charge in [-0.05, 0) is 54.8 Å². The summed E-state index contributed by atoms with van der Waals surface area (Å²) in [6, 6.07) is 22.4. The fourth-order valence-corrected chi connectivity index (χ4v) is 12.7. The Labute approximate surface area is 451 Å². The highest BCUT2D eigenvalue weighted by molar-refractivity contribution is 8.76. The highest BCUT2D eigenvalue weighted by Crippen LogP contribution is 2.64. The fraction of sp³-hybridized carbons (Fsp3) is 0.481. The minimum atomic E-state index is -2.50. The van der Waals surface area contributed by atoms with Crippen molar-refractivity contribution in [2.24, 2.45) is 16.7 Å². The molecule has 4 aliphatic rings. The fourth-order valence-electron chi connectivity index (χ4n) is 10.9. The maximum atomic E-state index is 15.8. The van der Waals surface area contributed by atoms with Crippen molar-refractivity contribution in [1.82, 2.24) is 5.32 Å². The average Bonchev–Trinajstić information content (AvgIpc) is 3.59. The van der Waals surface area contributed by atoms with Gasteiger partial charge in [0.15, 0.2) is 17.5 Å². The van der Waals surface area contributed by atoms with Crippen molar-refractivity contribution in [3.8, 4) is 0 Å². The van der Waals surface area contributed by atoms with Crippen LogP contribution in [0.5, 0.6) is 0 Å². The van der Waals surface area contributed by atoms with Gasteiger partial charge < -0.3 is 53.4 Å². The van der Waals surface area contributed by atoms with Crippen LogP contribution in [-0.4, -0.2) is 143 Å². The van der Waals surface area contributed by atoms with E-state index in [0.717, 1.165) is 13.8 Å². The van der Waals surface area contributed by atoms with Gasteiger partial charge in [0, 0.05) is 49.2 Å². The summed E-state index contributed by atoms with van der Waals surface area (Å²) in [7, 11) is 2.62. The molecule has 11 atom stereocenters. The summed E-state index contributed by atoms with van der Waals surface area (Å²) in [4.78, 5) is 111. The van der Waals surface area contributed by atoms with Crippen molar-refractivity contribution in [1.29, 1.82) is 0 Å². The quantitative estimate of drug-likeness (QED) is 0.0308. The molecular weight excluding hydrogens is 1050 g/mol. The molecule has 22 heteroatoms. The molecule has 2 bridgehead atoms. The van der Waals surface area contributed by atoms with E-state index in [1.165, 1.54) is 73.5 Å². The summed E-state index contributed by atoms with van der Waals surface area (Å²) in [6.45, 7) is 7.66. The molecule has 3 N–H and O–H groups in total. The Morgan fingerprint density at radius 3 is 1.97 bits per heavy atom. The third-order valence-electron chi connectivity index (χ3n) is 14.7. The number of hydrogen-bond donors (Lipinski definition) is 3. The predicted octanol–water partition coefficient (Wildman–Crippen LogP) is 6.06. The Bertz CT molecular complexity index is 2690. The molecule has 1 amide bonds. The van der Waals surface area contributed by atoms with E-state index < -0.39 is 125 Å². The monoisotopic (exact) mass is 1110 g/mol. The first-order valence-corrected chi connectivity index (χ1v) is 27.4. The molecule has 1 saturated heterocycles. The smallest absolute Gasteiger partial charge is 0.464 e. The van der Waals surface area contributed by atoms with Crippen LogP contribution in [0.3, 0.4) is 0 Å². The number of benzene rings is 3. The molecule has 3 aromatic rings. The molecule has 19 nitrogen and oxygen atoms in total. The van der Waals surface area contributed by atoms with E-state index in [2.05, 4.69) is 5.32 Å². The molecule has 76 heavy (non-hydrogen) atoms. The largest absolute Gasteiger partial charge is 0.509 e. The number of carbonyl (C=O) groups is 8. The van der Waals surface area contributed by atoms with Crippen LogP contribution in [0.25, 0.3) is 0 Å². The van der Waals surface area contributed by atoms with Crippen LogP contribution < -0.4 is 5.32 Å². The maximum Gasteiger partial charge on any atom is 0.509 e. The first-order chi connectivity index (χ1) is 36.1. The minimum absolute atomic E-state index is 0.0286. The van der Waals surface area contributed by atoms with Gasteiger partial charge in [-0.25, -0.2) is 14.4 Å². The second kappa shape index (κ2) is 24.1. The van der Waals surface area contributed by atoms with Crippen molar-refractivity contribution < 1.29 is 86.5 Å². The second-order valence-electron chi connectivity index (χ2n) is 19.5. The van der Waals surface area contributed by atoms with Crippen molar-refractivity contribution in [2.45, 2.75) is 108 Å². The van der Waals surface area contributed by atoms with Crippen molar-refractivity contribution in [3.63, 3.8) is 0 Å². The van der Waals surface area contributed by atoms with Gasteiger partial charge in [0.05, 0.1) is 29.6 Å². The molecule has 3 fully saturated rings. The normalized spacial score (nSPS) is 27.9. The number of aliphatic hydroxyl groups excluding tert-OH is 1. The summed E-state index contributed by atoms with van der Waals surface area (Å²) < 4.78 is 47.0. The van der Waals surface area contributed by atoms with Crippen LogP contribution in [0.2, 0.25) is 0 Å². The summed E-state index contributed by atoms with van der Waals surface area (Å²) in [6.07, 6.45) is -12.4. The third kappa shape index (κ3) is 11.6. The number of aliphatic hydroxyl groups is 2. The predicted molar refractivity (Wildman–Crippen MR) is 274 cm³/mol. The number of esters is 5. The summed E-state index contributed by atoms with van der Waals surface area (Å²) in [5, 5.41) is 29.0. The Morgan fingerprint density at radius 1 is 0.816 bits per heavy atom. The molecule has 0 aromatic heterocycles. The molecule has 0 radical (unpaired) electrons. The number of hydrogen-bond acceptors (Lipinski definition) is 20.